The largest absolute Gasteiger partial charge is 0.393 e. The second-order valence-corrected chi connectivity index (χ2v) is 4.25. The van der Waals surface area contributed by atoms with Crippen LogP contribution in [-0.4, -0.2) is 55.1 Å². The number of hydrogen-bond donors (Lipinski definition) is 2. The van der Waals surface area contributed by atoms with Gasteiger partial charge in [0, 0.05) is 19.6 Å². The molecule has 2 aliphatic rings. The molecule has 2 aliphatic heterocycles. The number of aliphatic hydroxyl groups is 1. The number of likely N-dealkylation sites (tertiary alicyclic amines) is 1. The van der Waals surface area contributed by atoms with Crippen molar-refractivity contribution in [2.75, 3.05) is 32.9 Å². The smallest absolute Gasteiger partial charge is 0.0969 e. The van der Waals surface area contributed by atoms with E-state index in [1.165, 1.54) is 0 Å². The fraction of sp³-hybridized carbons (Fsp3) is 1.00. The van der Waals surface area contributed by atoms with Crippen molar-refractivity contribution in [3.05, 3.63) is 0 Å². The van der Waals surface area contributed by atoms with Gasteiger partial charge in [0.1, 0.15) is 0 Å². The van der Waals surface area contributed by atoms with Gasteiger partial charge < -0.3 is 14.7 Å². The van der Waals surface area contributed by atoms with Gasteiger partial charge in [-0.3, -0.25) is 5.32 Å². The second-order valence-electron chi connectivity index (χ2n) is 4.25. The summed E-state index contributed by atoms with van der Waals surface area (Å²) in [4.78, 5) is 2.41. The van der Waals surface area contributed by atoms with E-state index < -0.39 is 0 Å². The number of hydrogen-bond acceptors (Lipinski definition) is 4. The molecule has 0 aromatic rings. The van der Waals surface area contributed by atoms with Crippen molar-refractivity contribution >= 4 is 0 Å². The van der Waals surface area contributed by atoms with Crippen molar-refractivity contribution in [3.63, 3.8) is 0 Å². The van der Waals surface area contributed by atoms with E-state index in [4.69, 9.17) is 4.74 Å². The average Bonchev–Trinajstić information content (AvgIpc) is 2.23. The van der Waals surface area contributed by atoms with E-state index in [0.29, 0.717) is 12.8 Å². The molecule has 2 rings (SSSR count). The van der Waals surface area contributed by atoms with Crippen molar-refractivity contribution in [2.24, 2.45) is 0 Å². The topological polar surface area (TPSA) is 44.7 Å². The van der Waals surface area contributed by atoms with E-state index in [1.807, 2.05) is 0 Å². The molecule has 2 heterocycles. The molecule has 0 spiro atoms. The predicted molar refractivity (Wildman–Crippen MR) is 54.0 cm³/mol. The summed E-state index contributed by atoms with van der Waals surface area (Å²) in [5, 5.41) is 12.5. The van der Waals surface area contributed by atoms with Gasteiger partial charge in [-0.25, -0.2) is 0 Å². The lowest BCUT2D eigenvalue weighted by Crippen LogP contribution is -2.44. The Morgan fingerprint density at radius 3 is 2.71 bits per heavy atom. The molecule has 0 bridgehead atoms. The highest BCUT2D eigenvalue weighted by Crippen LogP contribution is 2.12. The summed E-state index contributed by atoms with van der Waals surface area (Å²) in [5.74, 6) is 0. The van der Waals surface area contributed by atoms with Crippen LogP contribution in [0.2, 0.25) is 0 Å². The van der Waals surface area contributed by atoms with Gasteiger partial charge in [0.05, 0.1) is 18.9 Å². The Hall–Kier alpha value is -0.160. The summed E-state index contributed by atoms with van der Waals surface area (Å²) in [7, 11) is 0. The van der Waals surface area contributed by atoms with Crippen LogP contribution < -0.4 is 5.32 Å². The lowest BCUT2D eigenvalue weighted by Gasteiger charge is -2.33. The van der Waals surface area contributed by atoms with E-state index in [0.717, 1.165) is 45.4 Å². The van der Waals surface area contributed by atoms with Crippen LogP contribution in [0.3, 0.4) is 0 Å². The zero-order chi connectivity index (χ0) is 9.80. The Labute approximate surface area is 85.2 Å². The normalized spacial score (nSPS) is 31.9. The molecule has 0 aromatic carbocycles. The molecule has 0 aliphatic carbocycles. The first-order valence-electron chi connectivity index (χ1n) is 5.57. The minimum Gasteiger partial charge on any atom is -0.393 e. The van der Waals surface area contributed by atoms with Gasteiger partial charge in [0.25, 0.3) is 0 Å². The lowest BCUT2D eigenvalue weighted by atomic mass is 10.1. The maximum absolute atomic E-state index is 9.36. The summed E-state index contributed by atoms with van der Waals surface area (Å²) < 4.78 is 5.59. The number of nitrogens with one attached hydrogen (secondary N) is 1. The second kappa shape index (κ2) is 5.07. The molecule has 0 amide bonds. The third-order valence-corrected chi connectivity index (χ3v) is 3.08. The van der Waals surface area contributed by atoms with Gasteiger partial charge in [-0.15, -0.1) is 0 Å². The molecule has 14 heavy (non-hydrogen) atoms. The van der Waals surface area contributed by atoms with Crippen molar-refractivity contribution in [1.82, 2.24) is 10.2 Å². The SMILES string of the molecule is OC1CCN(CC2CCNCO2)CC1. The molecular weight excluding hydrogens is 180 g/mol. The van der Waals surface area contributed by atoms with E-state index in [9.17, 15) is 5.11 Å². The Bertz CT molecular complexity index is 164. The quantitative estimate of drug-likeness (QED) is 0.647. The zero-order valence-electron chi connectivity index (χ0n) is 8.61. The standard InChI is InChI=1S/C10H20N2O2/c13-9-2-5-12(6-3-9)7-10-1-4-11-8-14-10/h9-11,13H,1-8H2. The highest BCUT2D eigenvalue weighted by molar-refractivity contribution is 4.75. The average molecular weight is 200 g/mol. The van der Waals surface area contributed by atoms with Gasteiger partial charge in [0.15, 0.2) is 0 Å². The Morgan fingerprint density at radius 1 is 1.29 bits per heavy atom. The van der Waals surface area contributed by atoms with Gasteiger partial charge in [-0.05, 0) is 25.8 Å². The van der Waals surface area contributed by atoms with E-state index >= 15 is 0 Å². The van der Waals surface area contributed by atoms with E-state index in [1.54, 1.807) is 0 Å². The van der Waals surface area contributed by atoms with Crippen molar-refractivity contribution < 1.29 is 9.84 Å². The van der Waals surface area contributed by atoms with Crippen LogP contribution in [0.5, 0.6) is 0 Å². The number of rotatable bonds is 2. The molecule has 82 valence electrons. The lowest BCUT2D eigenvalue weighted by molar-refractivity contribution is -0.0232. The van der Waals surface area contributed by atoms with Crippen molar-refractivity contribution in [1.29, 1.82) is 0 Å². The van der Waals surface area contributed by atoms with Crippen LogP contribution in [0.15, 0.2) is 0 Å². The van der Waals surface area contributed by atoms with Crippen LogP contribution >= 0.6 is 0 Å². The molecule has 0 radical (unpaired) electrons. The molecular formula is C10H20N2O2. The van der Waals surface area contributed by atoms with Crippen LogP contribution in [0, 0.1) is 0 Å². The molecule has 1 unspecified atom stereocenters. The van der Waals surface area contributed by atoms with Crippen molar-refractivity contribution in [2.45, 2.75) is 31.5 Å². The minimum atomic E-state index is -0.0693. The number of ether oxygens (including phenoxy) is 1. The van der Waals surface area contributed by atoms with Crippen LogP contribution in [0.25, 0.3) is 0 Å². The Kier molecular flexibility index (Phi) is 3.75. The first-order valence-corrected chi connectivity index (χ1v) is 5.57. The molecule has 2 saturated heterocycles. The summed E-state index contributed by atoms with van der Waals surface area (Å²) >= 11 is 0. The number of nitrogens with zero attached hydrogens (tertiary/aromatic N) is 1. The van der Waals surface area contributed by atoms with Crippen LogP contribution in [0.1, 0.15) is 19.3 Å². The molecule has 2 fully saturated rings. The molecule has 4 nitrogen and oxygen atoms in total. The highest BCUT2D eigenvalue weighted by atomic mass is 16.5. The van der Waals surface area contributed by atoms with Gasteiger partial charge in [-0.1, -0.05) is 0 Å². The van der Waals surface area contributed by atoms with Gasteiger partial charge >= 0.3 is 0 Å². The number of aliphatic hydroxyl groups excluding tert-OH is 1. The molecule has 4 heteroatoms. The first-order chi connectivity index (χ1) is 6.84. The van der Waals surface area contributed by atoms with Crippen LogP contribution in [0.4, 0.5) is 0 Å². The number of piperidine rings is 1. The molecule has 2 N–H and O–H groups in total. The third-order valence-electron chi connectivity index (χ3n) is 3.08. The fourth-order valence-corrected chi connectivity index (χ4v) is 2.13. The summed E-state index contributed by atoms with van der Waals surface area (Å²) in [6, 6.07) is 0. The summed E-state index contributed by atoms with van der Waals surface area (Å²) in [6.45, 7) is 4.85. The Balaban J connectivity index is 1.68. The third kappa shape index (κ3) is 2.92. The van der Waals surface area contributed by atoms with Crippen LogP contribution in [-0.2, 0) is 4.74 Å². The molecule has 0 saturated carbocycles. The zero-order valence-corrected chi connectivity index (χ0v) is 8.61. The molecule has 0 aromatic heterocycles. The fourth-order valence-electron chi connectivity index (χ4n) is 2.13. The monoisotopic (exact) mass is 200 g/mol. The van der Waals surface area contributed by atoms with E-state index in [-0.39, 0.29) is 6.10 Å². The maximum atomic E-state index is 9.36. The van der Waals surface area contributed by atoms with Crippen molar-refractivity contribution in [3.8, 4) is 0 Å². The van der Waals surface area contributed by atoms with Gasteiger partial charge in [0.2, 0.25) is 0 Å². The van der Waals surface area contributed by atoms with E-state index in [2.05, 4.69) is 10.2 Å². The minimum absolute atomic E-state index is 0.0693. The first kappa shape index (κ1) is 10.4. The summed E-state index contributed by atoms with van der Waals surface area (Å²) in [6.07, 6.45) is 3.28. The molecule has 1 atom stereocenters. The maximum Gasteiger partial charge on any atom is 0.0969 e. The highest BCUT2D eigenvalue weighted by Gasteiger charge is 2.21. The predicted octanol–water partition coefficient (Wildman–Crippen LogP) is -0.221. The Morgan fingerprint density at radius 2 is 2.07 bits per heavy atom. The van der Waals surface area contributed by atoms with Gasteiger partial charge in [-0.2, -0.15) is 0 Å². The summed E-state index contributed by atoms with van der Waals surface area (Å²) in [5.41, 5.74) is 0.